The molecule has 0 radical (unpaired) electrons. The zero-order valence-corrected chi connectivity index (χ0v) is 22.3. The lowest BCUT2D eigenvalue weighted by molar-refractivity contribution is 0.242. The van der Waals surface area contributed by atoms with E-state index in [0.29, 0.717) is 22.2 Å². The maximum Gasteiger partial charge on any atom is 0.330 e. The maximum atomic E-state index is 14.6. The molecule has 210 valence electrons. The third-order valence-electron chi connectivity index (χ3n) is 6.74. The van der Waals surface area contributed by atoms with Crippen molar-refractivity contribution in [2.24, 2.45) is 0 Å². The normalized spacial score (nSPS) is 15.1. The van der Waals surface area contributed by atoms with Crippen LogP contribution in [-0.4, -0.2) is 56.5 Å². The fraction of sp³-hybridized carbons (Fsp3) is 0.269. The molecule has 1 atom stereocenters. The first-order valence-corrected chi connectivity index (χ1v) is 14.2. The van der Waals surface area contributed by atoms with E-state index in [1.165, 1.54) is 21.7 Å². The van der Waals surface area contributed by atoms with Crippen LogP contribution in [0.5, 0.6) is 5.75 Å². The number of hydrogen-bond donors (Lipinski definition) is 0. The number of aryl methyl sites for hydroxylation is 1. The van der Waals surface area contributed by atoms with Crippen LogP contribution in [0.1, 0.15) is 24.4 Å². The number of ether oxygens (including phenoxy) is 1. The number of benzene rings is 2. The van der Waals surface area contributed by atoms with E-state index in [9.17, 15) is 22.0 Å². The molecular weight excluding hydrogens is 560 g/mol. The fourth-order valence-electron chi connectivity index (χ4n) is 5.00. The Morgan fingerprint density at radius 3 is 2.80 bits per heavy atom. The SMILES string of the molecule is [C-]#[N+]c1ccc2ncn(-c3ncc4c(n3)n(C3CCOc5c(F)cc(F)cc53)c(=O)n4CCCOS(C)(=O)=O)c2c1. The van der Waals surface area contributed by atoms with Gasteiger partial charge in [-0.2, -0.15) is 13.4 Å². The Hall–Kier alpha value is -4.68. The Morgan fingerprint density at radius 2 is 2.02 bits per heavy atom. The maximum absolute atomic E-state index is 14.6. The van der Waals surface area contributed by atoms with Crippen LogP contribution in [0.15, 0.2) is 47.7 Å². The molecule has 5 aromatic rings. The highest BCUT2D eigenvalue weighted by molar-refractivity contribution is 7.85. The first kappa shape index (κ1) is 26.5. The van der Waals surface area contributed by atoms with Crippen LogP contribution in [0, 0.1) is 18.2 Å². The van der Waals surface area contributed by atoms with Crippen LogP contribution in [0.3, 0.4) is 0 Å². The topological polar surface area (TPSA) is 127 Å². The molecule has 1 unspecified atom stereocenters. The lowest BCUT2D eigenvalue weighted by Crippen LogP contribution is -2.31. The predicted octanol–water partition coefficient (Wildman–Crippen LogP) is 3.50. The smallest absolute Gasteiger partial charge is 0.330 e. The molecule has 15 heteroatoms. The second-order valence-corrected chi connectivity index (χ2v) is 11.1. The monoisotopic (exact) mass is 581 g/mol. The van der Waals surface area contributed by atoms with Crippen LogP contribution in [0.2, 0.25) is 0 Å². The first-order chi connectivity index (χ1) is 19.6. The van der Waals surface area contributed by atoms with Crippen molar-refractivity contribution >= 4 is 38.0 Å². The third kappa shape index (κ3) is 4.81. The zero-order chi connectivity index (χ0) is 28.9. The Bertz CT molecular complexity index is 2050. The van der Waals surface area contributed by atoms with Gasteiger partial charge in [0.1, 0.15) is 17.7 Å². The molecule has 0 saturated heterocycles. The first-order valence-electron chi connectivity index (χ1n) is 12.4. The predicted molar refractivity (Wildman–Crippen MR) is 143 cm³/mol. The van der Waals surface area contributed by atoms with Gasteiger partial charge >= 0.3 is 5.69 Å². The summed E-state index contributed by atoms with van der Waals surface area (Å²) in [4.78, 5) is 30.8. The summed E-state index contributed by atoms with van der Waals surface area (Å²) in [7, 11) is -3.67. The highest BCUT2D eigenvalue weighted by Gasteiger charge is 2.31. The second kappa shape index (κ2) is 10.1. The van der Waals surface area contributed by atoms with Gasteiger partial charge in [-0.25, -0.2) is 28.4 Å². The molecule has 3 aromatic heterocycles. The molecule has 0 fully saturated rings. The molecule has 0 bridgehead atoms. The van der Waals surface area contributed by atoms with Crippen molar-refractivity contribution in [3.05, 3.63) is 82.0 Å². The zero-order valence-electron chi connectivity index (χ0n) is 21.5. The van der Waals surface area contributed by atoms with Gasteiger partial charge in [-0.15, -0.1) is 0 Å². The van der Waals surface area contributed by atoms with E-state index in [1.54, 1.807) is 22.8 Å². The summed E-state index contributed by atoms with van der Waals surface area (Å²) < 4.78 is 66.3. The van der Waals surface area contributed by atoms with Crippen LogP contribution >= 0.6 is 0 Å². The minimum atomic E-state index is -3.67. The average Bonchev–Trinajstić information content (AvgIpc) is 3.47. The molecule has 6 rings (SSSR count). The van der Waals surface area contributed by atoms with Crippen molar-refractivity contribution in [1.29, 1.82) is 0 Å². The Balaban J connectivity index is 1.53. The minimum Gasteiger partial charge on any atom is -0.490 e. The summed E-state index contributed by atoms with van der Waals surface area (Å²) >= 11 is 0. The number of imidazole rings is 2. The van der Waals surface area contributed by atoms with Crippen molar-refractivity contribution in [3.63, 3.8) is 0 Å². The number of fused-ring (bicyclic) bond motifs is 3. The quantitative estimate of drug-likeness (QED) is 0.162. The van der Waals surface area contributed by atoms with E-state index in [2.05, 4.69) is 19.8 Å². The summed E-state index contributed by atoms with van der Waals surface area (Å²) in [6.07, 6.45) is 4.28. The van der Waals surface area contributed by atoms with E-state index in [1.807, 2.05) is 0 Å². The van der Waals surface area contributed by atoms with Gasteiger partial charge in [-0.05, 0) is 24.6 Å². The summed E-state index contributed by atoms with van der Waals surface area (Å²) in [6, 6.07) is 6.02. The van der Waals surface area contributed by atoms with Crippen molar-refractivity contribution in [2.45, 2.75) is 25.4 Å². The lowest BCUT2D eigenvalue weighted by atomic mass is 10.00. The average molecular weight is 582 g/mol. The standard InChI is InChI=1S/C26H21F2N7O5S/c1-29-16-4-5-19-21(12-16)34(14-31-19)25-30-13-22-24(32-25)35(26(36)33(22)7-3-8-40-41(2,37)38)20-6-9-39-23-17(20)10-15(27)11-18(23)28/h4-5,10-14,20H,3,6-9H2,2H3. The van der Waals surface area contributed by atoms with Gasteiger partial charge in [0.05, 0.1) is 49.3 Å². The van der Waals surface area contributed by atoms with E-state index < -0.39 is 33.5 Å². The van der Waals surface area contributed by atoms with Crippen LogP contribution in [0.4, 0.5) is 14.5 Å². The summed E-state index contributed by atoms with van der Waals surface area (Å²) in [5.74, 6) is -1.68. The molecule has 0 N–H and O–H groups in total. The van der Waals surface area contributed by atoms with Gasteiger partial charge in [0, 0.05) is 24.6 Å². The molecule has 2 aromatic carbocycles. The van der Waals surface area contributed by atoms with E-state index >= 15 is 0 Å². The molecule has 0 amide bonds. The van der Waals surface area contributed by atoms with Gasteiger partial charge in [0.25, 0.3) is 10.1 Å². The molecule has 0 saturated carbocycles. The van der Waals surface area contributed by atoms with Crippen LogP contribution in [-0.2, 0) is 20.8 Å². The number of aromatic nitrogens is 6. The van der Waals surface area contributed by atoms with Gasteiger partial charge < -0.3 is 4.74 Å². The number of nitrogens with zero attached hydrogens (tertiary/aromatic N) is 7. The summed E-state index contributed by atoms with van der Waals surface area (Å²) in [5.41, 5.74) is 1.71. The Labute approximate surface area is 231 Å². The molecule has 12 nitrogen and oxygen atoms in total. The molecule has 1 aliphatic rings. The van der Waals surface area contributed by atoms with Crippen LogP contribution < -0.4 is 10.4 Å². The van der Waals surface area contributed by atoms with Crippen LogP contribution in [0.25, 0.3) is 33.0 Å². The van der Waals surface area contributed by atoms with Gasteiger partial charge in [0.15, 0.2) is 22.9 Å². The largest absolute Gasteiger partial charge is 0.490 e. The molecule has 1 aliphatic heterocycles. The van der Waals surface area contributed by atoms with E-state index in [4.69, 9.17) is 15.5 Å². The molecule has 4 heterocycles. The lowest BCUT2D eigenvalue weighted by Gasteiger charge is -2.27. The van der Waals surface area contributed by atoms with Crippen molar-refractivity contribution in [2.75, 3.05) is 19.5 Å². The van der Waals surface area contributed by atoms with Crippen molar-refractivity contribution < 1.29 is 26.1 Å². The van der Waals surface area contributed by atoms with E-state index in [0.717, 1.165) is 18.4 Å². The van der Waals surface area contributed by atoms with E-state index in [-0.39, 0.29) is 55.5 Å². The Morgan fingerprint density at radius 1 is 1.20 bits per heavy atom. The summed E-state index contributed by atoms with van der Waals surface area (Å²) in [5, 5.41) is 0. The summed E-state index contributed by atoms with van der Waals surface area (Å²) in [6.45, 7) is 7.32. The number of hydrogen-bond acceptors (Lipinski definition) is 8. The molecule has 0 aliphatic carbocycles. The highest BCUT2D eigenvalue weighted by atomic mass is 32.2. The fourth-order valence-corrected chi connectivity index (χ4v) is 5.42. The highest BCUT2D eigenvalue weighted by Crippen LogP contribution is 2.38. The molecule has 41 heavy (non-hydrogen) atoms. The number of rotatable bonds is 7. The molecule has 0 spiro atoms. The van der Waals surface area contributed by atoms with Gasteiger partial charge in [-0.1, -0.05) is 6.07 Å². The third-order valence-corrected chi connectivity index (χ3v) is 7.33. The number of halogens is 2. The van der Waals surface area contributed by atoms with Gasteiger partial charge in [0.2, 0.25) is 5.95 Å². The van der Waals surface area contributed by atoms with Crippen molar-refractivity contribution in [1.82, 2.24) is 28.7 Å². The molecular formula is C26H21F2N7O5S. The van der Waals surface area contributed by atoms with Crippen molar-refractivity contribution in [3.8, 4) is 11.7 Å². The minimum absolute atomic E-state index is 0.0660. The van der Waals surface area contributed by atoms with Gasteiger partial charge in [-0.3, -0.25) is 17.9 Å². The second-order valence-electron chi connectivity index (χ2n) is 9.42. The Kier molecular flexibility index (Phi) is 6.51.